The Bertz CT molecular complexity index is 429. The maximum Gasteiger partial charge on any atom is 0.294 e. The van der Waals surface area contributed by atoms with E-state index in [4.69, 9.17) is 0 Å². The molecular weight excluding hydrogens is 322 g/mol. The van der Waals surface area contributed by atoms with Gasteiger partial charge in [0.05, 0.1) is 6.61 Å². The Kier molecular flexibility index (Phi) is 8.35. The van der Waals surface area contributed by atoms with Crippen LogP contribution in [0.2, 0.25) is 0 Å². The van der Waals surface area contributed by atoms with Gasteiger partial charge >= 0.3 is 0 Å². The Morgan fingerprint density at radius 1 is 1.08 bits per heavy atom. The number of rotatable bonds is 6. The minimum atomic E-state index is -0.879. The van der Waals surface area contributed by atoms with Gasteiger partial charge in [-0.25, -0.2) is 0 Å². The molecular formula is C14H29N3O7. The lowest BCUT2D eigenvalue weighted by Crippen LogP contribution is -2.56. The van der Waals surface area contributed by atoms with E-state index in [0.717, 1.165) is 0 Å². The number of nitrogens with zero attached hydrogens (tertiary/aromatic N) is 3. The Balaban J connectivity index is 0.00000254. The Morgan fingerprint density at radius 3 is 2.00 bits per heavy atom. The summed E-state index contributed by atoms with van der Waals surface area (Å²) in [6.07, 6.45) is 0.866. The fraction of sp³-hybridized carbons (Fsp3) is 1.00. The number of hydroxylamine groups is 2. The summed E-state index contributed by atoms with van der Waals surface area (Å²) in [5.41, 5.74) is -1.44. The highest BCUT2D eigenvalue weighted by molar-refractivity contribution is 4.97. The molecule has 0 saturated carbocycles. The summed E-state index contributed by atoms with van der Waals surface area (Å²) >= 11 is 0. The van der Waals surface area contributed by atoms with Crippen molar-refractivity contribution in [3.05, 3.63) is 20.2 Å². The van der Waals surface area contributed by atoms with Crippen molar-refractivity contribution in [2.45, 2.75) is 65.5 Å². The summed E-state index contributed by atoms with van der Waals surface area (Å²) in [6.45, 7) is 10.8. The smallest absolute Gasteiger partial charge is 0.294 e. The van der Waals surface area contributed by atoms with Gasteiger partial charge in [-0.15, -0.1) is 20.2 Å². The summed E-state index contributed by atoms with van der Waals surface area (Å²) in [4.78, 5) is 29.8. The van der Waals surface area contributed by atoms with Crippen molar-refractivity contribution in [2.24, 2.45) is 11.8 Å². The fourth-order valence-corrected chi connectivity index (χ4v) is 3.24. The van der Waals surface area contributed by atoms with Gasteiger partial charge in [0.1, 0.15) is 6.61 Å². The monoisotopic (exact) mass is 351 g/mol. The first-order valence-corrected chi connectivity index (χ1v) is 8.00. The van der Waals surface area contributed by atoms with Gasteiger partial charge < -0.3 is 14.9 Å². The van der Waals surface area contributed by atoms with E-state index in [0.29, 0.717) is 12.8 Å². The zero-order chi connectivity index (χ0) is 19.1. The van der Waals surface area contributed by atoms with Crippen molar-refractivity contribution >= 4 is 0 Å². The molecule has 0 aromatic carbocycles. The van der Waals surface area contributed by atoms with E-state index < -0.39 is 21.3 Å². The lowest BCUT2D eigenvalue weighted by molar-refractivity contribution is -0.760. The van der Waals surface area contributed by atoms with Gasteiger partial charge in [-0.2, -0.15) is 5.06 Å². The van der Waals surface area contributed by atoms with Crippen LogP contribution >= 0.6 is 0 Å². The number of hydrogen-bond acceptors (Lipinski definition) is 8. The second-order valence-corrected chi connectivity index (χ2v) is 6.82. The molecule has 0 aliphatic carbocycles. The molecule has 1 aliphatic rings. The molecule has 0 amide bonds. The summed E-state index contributed by atoms with van der Waals surface area (Å²) in [5.74, 6) is -0.609. The average molecular weight is 351 g/mol. The highest BCUT2D eigenvalue weighted by atomic mass is 17.0. The normalized spacial score (nSPS) is 25.6. The standard InChI is InChI=1S/C12H23N3O7.C2H6/c1-11(2)6-9(7-21-14(17)18)5-10(8-22-15(19)20)12(3,4)13(11)16;1-2/h9-10,16H,5-8H2,1-4H3;1-2H3. The first kappa shape index (κ1) is 22.3. The molecule has 1 heterocycles. The van der Waals surface area contributed by atoms with Crippen molar-refractivity contribution in [2.75, 3.05) is 13.2 Å². The molecule has 2 atom stereocenters. The van der Waals surface area contributed by atoms with Gasteiger partial charge in [-0.05, 0) is 46.5 Å². The molecule has 142 valence electrons. The maximum absolute atomic E-state index is 10.5. The van der Waals surface area contributed by atoms with Crippen molar-refractivity contribution in [3.63, 3.8) is 0 Å². The van der Waals surface area contributed by atoms with Crippen LogP contribution in [0, 0.1) is 32.1 Å². The Morgan fingerprint density at radius 2 is 1.54 bits per heavy atom. The molecule has 1 aliphatic heterocycles. The van der Waals surface area contributed by atoms with E-state index in [1.807, 2.05) is 27.7 Å². The van der Waals surface area contributed by atoms with Crippen LogP contribution in [0.25, 0.3) is 0 Å². The summed E-state index contributed by atoms with van der Waals surface area (Å²) in [7, 11) is 0. The van der Waals surface area contributed by atoms with E-state index in [2.05, 4.69) is 9.68 Å². The topological polar surface area (TPSA) is 128 Å². The SMILES string of the molecule is CC.CC1(C)CC(CO[N+](=O)[O-])CC(CO[N+](=O)[O-])C(C)(C)N1O. The van der Waals surface area contributed by atoms with Gasteiger partial charge in [0.25, 0.3) is 10.2 Å². The predicted molar refractivity (Wildman–Crippen MR) is 85.2 cm³/mol. The van der Waals surface area contributed by atoms with Crippen LogP contribution in [0.5, 0.6) is 0 Å². The zero-order valence-corrected chi connectivity index (χ0v) is 15.2. The molecule has 24 heavy (non-hydrogen) atoms. The Hall–Kier alpha value is -1.68. The molecule has 10 nitrogen and oxygen atoms in total. The van der Waals surface area contributed by atoms with Crippen LogP contribution in [0.3, 0.4) is 0 Å². The first-order chi connectivity index (χ1) is 11.0. The molecule has 0 aromatic heterocycles. The van der Waals surface area contributed by atoms with E-state index in [1.165, 1.54) is 5.06 Å². The van der Waals surface area contributed by atoms with E-state index in [-0.39, 0.29) is 25.0 Å². The van der Waals surface area contributed by atoms with Gasteiger partial charge in [0.15, 0.2) is 0 Å². The van der Waals surface area contributed by atoms with Crippen molar-refractivity contribution in [1.29, 1.82) is 0 Å². The predicted octanol–water partition coefficient (Wildman–Crippen LogP) is 2.70. The average Bonchev–Trinajstić information content (AvgIpc) is 2.54. The first-order valence-electron chi connectivity index (χ1n) is 8.00. The number of hydrogen-bond donors (Lipinski definition) is 1. The van der Waals surface area contributed by atoms with E-state index in [1.54, 1.807) is 13.8 Å². The molecule has 10 heteroatoms. The summed E-state index contributed by atoms with van der Waals surface area (Å²) in [5, 5.41) is 30.8. The van der Waals surface area contributed by atoms with Crippen molar-refractivity contribution < 1.29 is 25.1 Å². The van der Waals surface area contributed by atoms with Crippen molar-refractivity contribution in [3.8, 4) is 0 Å². The van der Waals surface area contributed by atoms with Gasteiger partial charge in [-0.3, -0.25) is 0 Å². The van der Waals surface area contributed by atoms with Crippen LogP contribution in [0.15, 0.2) is 0 Å². The lowest BCUT2D eigenvalue weighted by atomic mass is 9.82. The highest BCUT2D eigenvalue weighted by Gasteiger charge is 2.47. The highest BCUT2D eigenvalue weighted by Crippen LogP contribution is 2.41. The quantitative estimate of drug-likeness (QED) is 0.571. The van der Waals surface area contributed by atoms with Gasteiger partial charge in [0.2, 0.25) is 0 Å². The van der Waals surface area contributed by atoms with E-state index in [9.17, 15) is 25.4 Å². The molecule has 0 aromatic rings. The van der Waals surface area contributed by atoms with Crippen LogP contribution < -0.4 is 0 Å². The summed E-state index contributed by atoms with van der Waals surface area (Å²) < 4.78 is 0. The molecule has 1 N–H and O–H groups in total. The third-order valence-corrected chi connectivity index (χ3v) is 4.32. The minimum Gasteiger partial charge on any atom is -0.314 e. The zero-order valence-electron chi connectivity index (χ0n) is 15.2. The van der Waals surface area contributed by atoms with Crippen LogP contribution in [0.1, 0.15) is 54.4 Å². The maximum atomic E-state index is 10.5. The molecule has 1 saturated heterocycles. The molecule has 0 bridgehead atoms. The third kappa shape index (κ3) is 6.08. The van der Waals surface area contributed by atoms with Crippen LogP contribution in [-0.4, -0.2) is 44.7 Å². The summed E-state index contributed by atoms with van der Waals surface area (Å²) in [6, 6.07) is 0. The fourth-order valence-electron chi connectivity index (χ4n) is 3.24. The Labute approximate surface area is 141 Å². The van der Waals surface area contributed by atoms with Crippen molar-refractivity contribution in [1.82, 2.24) is 5.06 Å². The molecule has 0 spiro atoms. The largest absolute Gasteiger partial charge is 0.314 e. The van der Waals surface area contributed by atoms with Gasteiger partial charge in [-0.1, -0.05) is 13.8 Å². The molecule has 1 fully saturated rings. The molecule has 1 rings (SSSR count). The van der Waals surface area contributed by atoms with Gasteiger partial charge in [0, 0.05) is 17.0 Å². The van der Waals surface area contributed by atoms with Crippen LogP contribution in [-0.2, 0) is 9.68 Å². The molecule has 0 radical (unpaired) electrons. The lowest BCUT2D eigenvalue weighted by Gasteiger charge is -2.45. The second-order valence-electron chi connectivity index (χ2n) is 6.82. The van der Waals surface area contributed by atoms with E-state index >= 15 is 0 Å². The third-order valence-electron chi connectivity index (χ3n) is 4.32. The second kappa shape index (κ2) is 8.97. The minimum absolute atomic E-state index is 0.116. The van der Waals surface area contributed by atoms with Crippen LogP contribution in [0.4, 0.5) is 0 Å². The molecule has 2 unspecified atom stereocenters.